The van der Waals surface area contributed by atoms with Gasteiger partial charge in [-0.3, -0.25) is 9.20 Å². The number of fused-ring (bicyclic) bond motifs is 1. The van der Waals surface area contributed by atoms with Gasteiger partial charge < -0.3 is 5.32 Å². The van der Waals surface area contributed by atoms with Gasteiger partial charge in [0, 0.05) is 17.4 Å². The summed E-state index contributed by atoms with van der Waals surface area (Å²) in [5, 5.41) is 11.9. The molecule has 0 spiro atoms. The minimum absolute atomic E-state index is 0.00988. The Morgan fingerprint density at radius 2 is 2.05 bits per heavy atom. The van der Waals surface area contributed by atoms with Crippen LogP contribution in [-0.4, -0.2) is 37.3 Å². The molecule has 0 aliphatic carbocycles. The summed E-state index contributed by atoms with van der Waals surface area (Å²) < 4.78 is 1.87. The average molecular weight is 307 g/mol. The van der Waals surface area contributed by atoms with Crippen LogP contribution in [0.2, 0.25) is 0 Å². The van der Waals surface area contributed by atoms with Crippen LogP contribution in [0.25, 0.3) is 5.78 Å². The number of carbonyl (C=O) groups is 1. The van der Waals surface area contributed by atoms with Gasteiger partial charge in [-0.1, -0.05) is 25.6 Å². The third-order valence-corrected chi connectivity index (χ3v) is 4.31. The van der Waals surface area contributed by atoms with E-state index < -0.39 is 0 Å². The van der Waals surface area contributed by atoms with Crippen LogP contribution in [0.3, 0.4) is 0 Å². The third-order valence-electron chi connectivity index (χ3n) is 3.38. The highest BCUT2D eigenvalue weighted by Crippen LogP contribution is 2.18. The molecular formula is C14H21N5OS. The summed E-state index contributed by atoms with van der Waals surface area (Å²) in [7, 11) is 0. The Morgan fingerprint density at radius 3 is 2.71 bits per heavy atom. The summed E-state index contributed by atoms with van der Waals surface area (Å²) in [6.45, 7) is 10.1. The molecule has 0 fully saturated rings. The van der Waals surface area contributed by atoms with E-state index in [4.69, 9.17) is 0 Å². The van der Waals surface area contributed by atoms with Crippen LogP contribution in [0.4, 0.5) is 0 Å². The minimum atomic E-state index is 0.00988. The number of nitrogens with one attached hydrogen (secondary N) is 1. The molecule has 114 valence electrons. The minimum Gasteiger partial charge on any atom is -0.353 e. The van der Waals surface area contributed by atoms with Gasteiger partial charge in [0.05, 0.1) is 5.75 Å². The number of rotatable bonds is 5. The summed E-state index contributed by atoms with van der Waals surface area (Å²) in [6.07, 6.45) is 0. The van der Waals surface area contributed by atoms with E-state index in [-0.39, 0.29) is 11.9 Å². The first kappa shape index (κ1) is 15.8. The van der Waals surface area contributed by atoms with E-state index in [9.17, 15) is 4.79 Å². The van der Waals surface area contributed by atoms with Gasteiger partial charge >= 0.3 is 0 Å². The lowest BCUT2D eigenvalue weighted by Crippen LogP contribution is -2.37. The van der Waals surface area contributed by atoms with Crippen molar-refractivity contribution in [1.29, 1.82) is 0 Å². The standard InChI is InChI=1S/C14H21N5OS/c1-8(2)11(5)16-12(20)7-21-14-18-17-13-15-9(3)6-10(4)19(13)14/h6,8,11H,7H2,1-5H3,(H,16,20)/t11-/m0/s1. The maximum Gasteiger partial charge on any atom is 0.256 e. The van der Waals surface area contributed by atoms with Gasteiger partial charge in [-0.15, -0.1) is 10.2 Å². The predicted molar refractivity (Wildman–Crippen MR) is 83.4 cm³/mol. The maximum atomic E-state index is 11.9. The Labute approximate surface area is 128 Å². The number of thioether (sulfide) groups is 1. The molecule has 0 aliphatic rings. The zero-order valence-electron chi connectivity index (χ0n) is 13.0. The van der Waals surface area contributed by atoms with Gasteiger partial charge in [0.25, 0.3) is 5.78 Å². The Kier molecular flexibility index (Phi) is 4.82. The van der Waals surface area contributed by atoms with Crippen LogP contribution in [0, 0.1) is 19.8 Å². The first-order valence-corrected chi connectivity index (χ1v) is 7.98. The highest BCUT2D eigenvalue weighted by Gasteiger charge is 2.14. The number of aryl methyl sites for hydroxylation is 2. The zero-order valence-corrected chi connectivity index (χ0v) is 13.9. The van der Waals surface area contributed by atoms with Crippen molar-refractivity contribution in [3.63, 3.8) is 0 Å². The van der Waals surface area contributed by atoms with E-state index in [0.717, 1.165) is 11.4 Å². The number of carbonyl (C=O) groups excluding carboxylic acids is 1. The molecule has 2 aromatic heterocycles. The van der Waals surface area contributed by atoms with Crippen LogP contribution in [0.15, 0.2) is 11.2 Å². The second-order valence-corrected chi connectivity index (χ2v) is 6.49. The van der Waals surface area contributed by atoms with E-state index in [1.807, 2.05) is 31.2 Å². The average Bonchev–Trinajstić information content (AvgIpc) is 2.79. The SMILES string of the molecule is Cc1cc(C)n2c(SCC(=O)N[C@@H](C)C(C)C)nnc2n1. The van der Waals surface area contributed by atoms with Gasteiger partial charge in [0.1, 0.15) is 0 Å². The van der Waals surface area contributed by atoms with Crippen molar-refractivity contribution >= 4 is 23.4 Å². The Bertz CT molecular complexity index is 652. The number of amides is 1. The van der Waals surface area contributed by atoms with Crippen molar-refractivity contribution in [2.75, 3.05) is 5.75 Å². The van der Waals surface area contributed by atoms with Crippen LogP contribution >= 0.6 is 11.8 Å². The molecule has 2 heterocycles. The largest absolute Gasteiger partial charge is 0.353 e. The van der Waals surface area contributed by atoms with Gasteiger partial charge in [-0.05, 0) is 32.8 Å². The molecule has 6 nitrogen and oxygen atoms in total. The van der Waals surface area contributed by atoms with Crippen molar-refractivity contribution in [3.05, 3.63) is 17.5 Å². The van der Waals surface area contributed by atoms with Crippen molar-refractivity contribution in [3.8, 4) is 0 Å². The van der Waals surface area contributed by atoms with Crippen molar-refractivity contribution in [1.82, 2.24) is 24.9 Å². The molecule has 1 amide bonds. The number of nitrogens with zero attached hydrogens (tertiary/aromatic N) is 4. The molecule has 2 rings (SSSR count). The molecule has 0 aromatic carbocycles. The second kappa shape index (κ2) is 6.43. The van der Waals surface area contributed by atoms with Crippen LogP contribution in [-0.2, 0) is 4.79 Å². The van der Waals surface area contributed by atoms with Gasteiger partial charge in [-0.2, -0.15) is 0 Å². The van der Waals surface area contributed by atoms with Crippen molar-refractivity contribution in [2.24, 2.45) is 5.92 Å². The molecular weight excluding hydrogens is 286 g/mol. The monoisotopic (exact) mass is 307 g/mol. The summed E-state index contributed by atoms with van der Waals surface area (Å²) in [4.78, 5) is 16.3. The molecule has 0 radical (unpaired) electrons. The molecule has 0 unspecified atom stereocenters. The molecule has 0 bridgehead atoms. The molecule has 1 N–H and O–H groups in total. The van der Waals surface area contributed by atoms with E-state index in [1.165, 1.54) is 11.8 Å². The zero-order chi connectivity index (χ0) is 15.6. The van der Waals surface area contributed by atoms with E-state index in [1.54, 1.807) is 0 Å². The lowest BCUT2D eigenvalue weighted by atomic mass is 10.1. The Morgan fingerprint density at radius 1 is 1.33 bits per heavy atom. The van der Waals surface area contributed by atoms with Gasteiger partial charge in [-0.25, -0.2) is 4.98 Å². The fourth-order valence-corrected chi connectivity index (χ4v) is 2.68. The molecule has 0 saturated carbocycles. The summed E-state index contributed by atoms with van der Waals surface area (Å²) >= 11 is 1.38. The van der Waals surface area contributed by atoms with Gasteiger partial charge in [0.15, 0.2) is 5.16 Å². The molecule has 7 heteroatoms. The van der Waals surface area contributed by atoms with E-state index in [2.05, 4.69) is 34.3 Å². The molecule has 21 heavy (non-hydrogen) atoms. The fraction of sp³-hybridized carbons (Fsp3) is 0.571. The van der Waals surface area contributed by atoms with E-state index >= 15 is 0 Å². The quantitative estimate of drug-likeness (QED) is 0.855. The topological polar surface area (TPSA) is 72.2 Å². The number of aromatic nitrogens is 4. The molecule has 1 atom stereocenters. The Balaban J connectivity index is 2.06. The highest BCUT2D eigenvalue weighted by atomic mass is 32.2. The first-order valence-electron chi connectivity index (χ1n) is 7.00. The smallest absolute Gasteiger partial charge is 0.256 e. The Hall–Kier alpha value is -1.63. The first-order chi connectivity index (χ1) is 9.88. The predicted octanol–water partition coefficient (Wildman–Crippen LogP) is 1.99. The number of hydrogen-bond acceptors (Lipinski definition) is 5. The summed E-state index contributed by atoms with van der Waals surface area (Å²) in [5.41, 5.74) is 1.92. The van der Waals surface area contributed by atoms with Crippen molar-refractivity contribution < 1.29 is 4.79 Å². The maximum absolute atomic E-state index is 11.9. The number of hydrogen-bond donors (Lipinski definition) is 1. The van der Waals surface area contributed by atoms with E-state index in [0.29, 0.717) is 22.6 Å². The third kappa shape index (κ3) is 3.72. The van der Waals surface area contributed by atoms with Crippen LogP contribution < -0.4 is 5.32 Å². The van der Waals surface area contributed by atoms with Gasteiger partial charge in [0.2, 0.25) is 5.91 Å². The lowest BCUT2D eigenvalue weighted by molar-refractivity contribution is -0.119. The van der Waals surface area contributed by atoms with Crippen LogP contribution in [0.5, 0.6) is 0 Å². The molecule has 0 aliphatic heterocycles. The van der Waals surface area contributed by atoms with Crippen molar-refractivity contribution in [2.45, 2.75) is 45.8 Å². The second-order valence-electron chi connectivity index (χ2n) is 5.55. The molecule has 2 aromatic rings. The molecule has 0 saturated heterocycles. The lowest BCUT2D eigenvalue weighted by Gasteiger charge is -2.16. The highest BCUT2D eigenvalue weighted by molar-refractivity contribution is 7.99. The fourth-order valence-electron chi connectivity index (χ4n) is 1.89. The summed E-state index contributed by atoms with van der Waals surface area (Å²) in [5.74, 6) is 1.33. The summed E-state index contributed by atoms with van der Waals surface area (Å²) in [6, 6.07) is 2.14. The normalized spacial score (nSPS) is 12.9. The van der Waals surface area contributed by atoms with Crippen LogP contribution in [0.1, 0.15) is 32.2 Å².